The summed E-state index contributed by atoms with van der Waals surface area (Å²) in [6.45, 7) is 1.79. The largest absolute Gasteiger partial charge is 0.399 e. The third kappa shape index (κ3) is 3.30. The Morgan fingerprint density at radius 1 is 1.41 bits per heavy atom. The molecule has 0 saturated carbocycles. The molecule has 0 atom stereocenters. The van der Waals surface area contributed by atoms with Crippen molar-refractivity contribution < 1.29 is 4.79 Å². The Balaban J connectivity index is 1.92. The molecule has 92 valence electrons. The van der Waals surface area contributed by atoms with E-state index in [1.165, 1.54) is 11.8 Å². The van der Waals surface area contributed by atoms with Crippen LogP contribution in [-0.2, 0) is 4.79 Å². The molecule has 5 heteroatoms. The molecule has 3 nitrogen and oxygen atoms in total. The van der Waals surface area contributed by atoms with Crippen LogP contribution in [0, 0.1) is 0 Å². The van der Waals surface area contributed by atoms with Crippen molar-refractivity contribution >= 4 is 35.0 Å². The number of likely N-dealkylation sites (tertiary alicyclic amines) is 1. The summed E-state index contributed by atoms with van der Waals surface area (Å²) >= 11 is 7.49. The second-order valence-electron chi connectivity index (χ2n) is 4.07. The summed E-state index contributed by atoms with van der Waals surface area (Å²) in [6, 6.07) is 5.33. The van der Waals surface area contributed by atoms with E-state index in [0.29, 0.717) is 16.5 Å². The van der Waals surface area contributed by atoms with Gasteiger partial charge in [0.25, 0.3) is 0 Å². The van der Waals surface area contributed by atoms with Gasteiger partial charge in [-0.2, -0.15) is 0 Å². The number of amides is 1. The van der Waals surface area contributed by atoms with Crippen molar-refractivity contribution in [3.63, 3.8) is 0 Å². The zero-order chi connectivity index (χ0) is 12.3. The standard InChI is InChI=1S/C12H15ClN2OS/c13-10-4-3-9(14)7-11(10)17-8-12(16)15-5-1-2-6-15/h3-4,7H,1-2,5-6,8,14H2. The van der Waals surface area contributed by atoms with Crippen LogP contribution in [0.25, 0.3) is 0 Å². The van der Waals surface area contributed by atoms with Gasteiger partial charge in [-0.25, -0.2) is 0 Å². The van der Waals surface area contributed by atoms with Gasteiger partial charge in [0.15, 0.2) is 0 Å². The van der Waals surface area contributed by atoms with Gasteiger partial charge in [0, 0.05) is 23.7 Å². The molecule has 1 aliphatic rings. The van der Waals surface area contributed by atoms with Crippen LogP contribution in [0.1, 0.15) is 12.8 Å². The number of thioether (sulfide) groups is 1. The lowest BCUT2D eigenvalue weighted by atomic mass is 10.3. The first-order valence-electron chi connectivity index (χ1n) is 5.62. The minimum absolute atomic E-state index is 0.186. The van der Waals surface area contributed by atoms with Gasteiger partial charge in [-0.1, -0.05) is 11.6 Å². The summed E-state index contributed by atoms with van der Waals surface area (Å²) in [5.41, 5.74) is 6.36. The number of nitrogen functional groups attached to an aromatic ring is 1. The third-order valence-electron chi connectivity index (χ3n) is 2.77. The maximum atomic E-state index is 11.8. The van der Waals surface area contributed by atoms with E-state index in [9.17, 15) is 4.79 Å². The number of rotatable bonds is 3. The molecule has 2 N–H and O–H groups in total. The van der Waals surface area contributed by atoms with Crippen LogP contribution in [0.5, 0.6) is 0 Å². The fourth-order valence-electron chi connectivity index (χ4n) is 1.83. The van der Waals surface area contributed by atoms with E-state index in [4.69, 9.17) is 17.3 Å². The van der Waals surface area contributed by atoms with E-state index >= 15 is 0 Å². The molecule has 1 heterocycles. The molecule has 0 bridgehead atoms. The van der Waals surface area contributed by atoms with Crippen molar-refractivity contribution in [1.82, 2.24) is 4.90 Å². The Bertz CT molecular complexity index is 419. The van der Waals surface area contributed by atoms with Crippen LogP contribution in [-0.4, -0.2) is 29.6 Å². The lowest BCUT2D eigenvalue weighted by Crippen LogP contribution is -2.29. The van der Waals surface area contributed by atoms with Crippen molar-refractivity contribution in [2.75, 3.05) is 24.6 Å². The summed E-state index contributed by atoms with van der Waals surface area (Å²) in [5.74, 6) is 0.620. The summed E-state index contributed by atoms with van der Waals surface area (Å²) in [4.78, 5) is 14.6. The molecule has 0 unspecified atom stereocenters. The first-order chi connectivity index (χ1) is 8.16. The third-order valence-corrected chi connectivity index (χ3v) is 4.25. The maximum Gasteiger partial charge on any atom is 0.232 e. The number of hydrogen-bond donors (Lipinski definition) is 1. The fourth-order valence-corrected chi connectivity index (χ4v) is 3.00. The van der Waals surface area contributed by atoms with Crippen LogP contribution >= 0.6 is 23.4 Å². The molecule has 1 aromatic carbocycles. The Morgan fingerprint density at radius 2 is 2.12 bits per heavy atom. The number of carbonyl (C=O) groups excluding carboxylic acids is 1. The average molecular weight is 271 g/mol. The minimum atomic E-state index is 0.186. The van der Waals surface area contributed by atoms with Crippen LogP contribution in [0.4, 0.5) is 5.69 Å². The van der Waals surface area contributed by atoms with Crippen molar-refractivity contribution in [2.24, 2.45) is 0 Å². The van der Waals surface area contributed by atoms with Gasteiger partial charge in [0.2, 0.25) is 5.91 Å². The molecule has 0 radical (unpaired) electrons. The van der Waals surface area contributed by atoms with Gasteiger partial charge in [-0.3, -0.25) is 4.79 Å². The fraction of sp³-hybridized carbons (Fsp3) is 0.417. The van der Waals surface area contributed by atoms with Gasteiger partial charge in [-0.05, 0) is 31.0 Å². The summed E-state index contributed by atoms with van der Waals surface area (Å²) < 4.78 is 0. The lowest BCUT2D eigenvalue weighted by Gasteiger charge is -2.15. The molecule has 2 rings (SSSR count). The second kappa shape index (κ2) is 5.65. The highest BCUT2D eigenvalue weighted by Gasteiger charge is 2.18. The number of hydrogen-bond acceptors (Lipinski definition) is 3. The smallest absolute Gasteiger partial charge is 0.232 e. The molecule has 1 aromatic rings. The summed E-state index contributed by atoms with van der Waals surface area (Å²) in [7, 11) is 0. The predicted molar refractivity (Wildman–Crippen MR) is 72.4 cm³/mol. The molecular weight excluding hydrogens is 256 g/mol. The molecule has 17 heavy (non-hydrogen) atoms. The van der Waals surface area contributed by atoms with Crippen LogP contribution in [0.15, 0.2) is 23.1 Å². The normalized spacial score (nSPS) is 15.2. The first kappa shape index (κ1) is 12.6. The maximum absolute atomic E-state index is 11.8. The molecule has 0 spiro atoms. The van der Waals surface area contributed by atoms with E-state index in [0.717, 1.165) is 30.8 Å². The monoisotopic (exact) mass is 270 g/mol. The Labute approximate surface area is 110 Å². The average Bonchev–Trinajstić information content (AvgIpc) is 2.83. The number of benzene rings is 1. The van der Waals surface area contributed by atoms with Crippen molar-refractivity contribution in [3.05, 3.63) is 23.2 Å². The number of nitrogens with zero attached hydrogens (tertiary/aromatic N) is 1. The van der Waals surface area contributed by atoms with Crippen LogP contribution < -0.4 is 5.73 Å². The number of halogens is 1. The molecule has 1 amide bonds. The molecule has 1 saturated heterocycles. The number of carbonyl (C=O) groups is 1. The highest BCUT2D eigenvalue weighted by Crippen LogP contribution is 2.29. The lowest BCUT2D eigenvalue weighted by molar-refractivity contribution is -0.127. The van der Waals surface area contributed by atoms with Gasteiger partial charge in [-0.15, -0.1) is 11.8 Å². The van der Waals surface area contributed by atoms with E-state index in [2.05, 4.69) is 0 Å². The minimum Gasteiger partial charge on any atom is -0.399 e. The summed E-state index contributed by atoms with van der Waals surface area (Å²) in [5, 5.41) is 0.651. The van der Waals surface area contributed by atoms with Gasteiger partial charge in [0.05, 0.1) is 10.8 Å². The molecular formula is C12H15ClN2OS. The molecule has 1 fully saturated rings. The summed E-state index contributed by atoms with van der Waals surface area (Å²) in [6.07, 6.45) is 2.24. The van der Waals surface area contributed by atoms with Gasteiger partial charge in [0.1, 0.15) is 0 Å². The number of nitrogens with two attached hydrogens (primary N) is 1. The topological polar surface area (TPSA) is 46.3 Å². The van der Waals surface area contributed by atoms with Crippen LogP contribution in [0.2, 0.25) is 5.02 Å². The Kier molecular flexibility index (Phi) is 4.18. The second-order valence-corrected chi connectivity index (χ2v) is 5.49. The van der Waals surface area contributed by atoms with Gasteiger partial charge < -0.3 is 10.6 Å². The first-order valence-corrected chi connectivity index (χ1v) is 6.99. The molecule has 0 aromatic heterocycles. The zero-order valence-corrected chi connectivity index (χ0v) is 11.1. The van der Waals surface area contributed by atoms with E-state index < -0.39 is 0 Å². The van der Waals surface area contributed by atoms with E-state index in [1.807, 2.05) is 11.0 Å². The highest BCUT2D eigenvalue weighted by molar-refractivity contribution is 8.00. The van der Waals surface area contributed by atoms with E-state index in [-0.39, 0.29) is 5.91 Å². The van der Waals surface area contributed by atoms with Crippen molar-refractivity contribution in [1.29, 1.82) is 0 Å². The van der Waals surface area contributed by atoms with Crippen molar-refractivity contribution in [3.8, 4) is 0 Å². The molecule has 0 aliphatic carbocycles. The number of anilines is 1. The van der Waals surface area contributed by atoms with Crippen LogP contribution in [0.3, 0.4) is 0 Å². The zero-order valence-electron chi connectivity index (χ0n) is 9.49. The predicted octanol–water partition coefficient (Wildman–Crippen LogP) is 2.64. The quantitative estimate of drug-likeness (QED) is 0.678. The van der Waals surface area contributed by atoms with Crippen molar-refractivity contribution in [2.45, 2.75) is 17.7 Å². The van der Waals surface area contributed by atoms with Gasteiger partial charge >= 0.3 is 0 Å². The van der Waals surface area contributed by atoms with E-state index in [1.54, 1.807) is 12.1 Å². The molecule has 1 aliphatic heterocycles. The SMILES string of the molecule is Nc1ccc(Cl)c(SCC(=O)N2CCCC2)c1. The Morgan fingerprint density at radius 3 is 2.82 bits per heavy atom. The highest BCUT2D eigenvalue weighted by atomic mass is 35.5. The Hall–Kier alpha value is -0.870.